The highest BCUT2D eigenvalue weighted by Gasteiger charge is 2.49. The summed E-state index contributed by atoms with van der Waals surface area (Å²) in [6.07, 6.45) is -3.69. The summed E-state index contributed by atoms with van der Waals surface area (Å²) >= 11 is 3.35. The van der Waals surface area contributed by atoms with Gasteiger partial charge < -0.3 is 15.6 Å². The Labute approximate surface area is 211 Å². The molecule has 13 heteroatoms. The van der Waals surface area contributed by atoms with Crippen LogP contribution < -0.4 is 21.3 Å². The molecular formula is C23H23BrF5N5O2. The van der Waals surface area contributed by atoms with E-state index in [-0.39, 0.29) is 11.4 Å². The molecule has 3 aromatic rings. The summed E-state index contributed by atoms with van der Waals surface area (Å²) in [4.78, 5) is 0. The predicted molar refractivity (Wildman–Crippen MR) is 128 cm³/mol. The molecule has 0 amide bonds. The molecule has 0 unspecified atom stereocenters. The largest absolute Gasteiger partial charge is 0.573 e. The monoisotopic (exact) mass is 575 g/mol. The highest BCUT2D eigenvalue weighted by Crippen LogP contribution is 2.41. The van der Waals surface area contributed by atoms with E-state index in [0.717, 1.165) is 38.2 Å². The minimum absolute atomic E-state index is 0.206. The fraction of sp³-hybridized carbons (Fsp3) is 0.261. The first-order valence-electron chi connectivity index (χ1n) is 10.3. The third-order valence-electron chi connectivity index (χ3n) is 5.27. The van der Waals surface area contributed by atoms with Gasteiger partial charge >= 0.3 is 12.3 Å². The number of anilines is 1. The lowest BCUT2D eigenvalue weighted by Crippen LogP contribution is -2.40. The molecule has 0 bridgehead atoms. The Kier molecular flexibility index (Phi) is 7.40. The van der Waals surface area contributed by atoms with Crippen LogP contribution in [0.4, 0.5) is 27.6 Å². The molecule has 1 heterocycles. The van der Waals surface area contributed by atoms with Crippen molar-refractivity contribution in [3.8, 4) is 17.0 Å². The molecule has 0 saturated carbocycles. The van der Waals surface area contributed by atoms with E-state index in [1.807, 2.05) is 0 Å². The molecule has 0 saturated heterocycles. The van der Waals surface area contributed by atoms with Crippen molar-refractivity contribution in [2.75, 3.05) is 5.01 Å². The molecule has 1 aromatic heterocycles. The van der Waals surface area contributed by atoms with Gasteiger partial charge in [-0.1, -0.05) is 15.9 Å². The summed E-state index contributed by atoms with van der Waals surface area (Å²) in [5, 5.41) is 15.0. The van der Waals surface area contributed by atoms with Crippen LogP contribution in [0.5, 0.6) is 5.75 Å². The maximum atomic E-state index is 14.8. The Bertz CT molecular complexity index is 1270. The minimum Gasteiger partial charge on any atom is -0.406 e. The molecule has 0 aliphatic rings. The lowest BCUT2D eigenvalue weighted by Gasteiger charge is -2.27. The number of rotatable bonds is 7. The Balaban J connectivity index is 2.05. The second-order valence-corrected chi connectivity index (χ2v) is 9.24. The number of aryl methyl sites for hydroxylation is 1. The molecule has 2 aromatic carbocycles. The molecule has 0 atom stereocenters. The Hall–Kier alpha value is -3.16. The van der Waals surface area contributed by atoms with Crippen LogP contribution >= 0.6 is 15.9 Å². The molecule has 36 heavy (non-hydrogen) atoms. The quantitative estimate of drug-likeness (QED) is 0.202. The van der Waals surface area contributed by atoms with Crippen LogP contribution in [0, 0.1) is 0 Å². The van der Waals surface area contributed by atoms with Gasteiger partial charge in [-0.3, -0.25) is 9.69 Å². The van der Waals surface area contributed by atoms with Crippen molar-refractivity contribution in [2.24, 2.45) is 18.6 Å². The van der Waals surface area contributed by atoms with E-state index in [1.165, 1.54) is 28.9 Å². The lowest BCUT2D eigenvalue weighted by molar-refractivity contribution is -0.274. The number of ether oxygens (including phenoxy) is 1. The average Bonchev–Trinajstić information content (AvgIpc) is 3.15. The molecule has 0 aliphatic heterocycles. The smallest absolute Gasteiger partial charge is 0.406 e. The fourth-order valence-corrected chi connectivity index (χ4v) is 3.73. The number of halogens is 6. The Morgan fingerprint density at radius 2 is 1.69 bits per heavy atom. The van der Waals surface area contributed by atoms with Crippen LogP contribution in [-0.2, 0) is 13.0 Å². The van der Waals surface area contributed by atoms with Crippen molar-refractivity contribution in [3.05, 3.63) is 70.5 Å². The van der Waals surface area contributed by atoms with Crippen LogP contribution in [0.1, 0.15) is 25.1 Å². The second-order valence-electron chi connectivity index (χ2n) is 8.33. The SMILES string of the molecule is Cn1nc(C(F)(F)C(C)(C)O)cc1-c1ccc(Br)cc1N(N)/C(=C\N)c1ccc(OC(F)(F)F)cc1. The van der Waals surface area contributed by atoms with Crippen molar-refractivity contribution in [3.63, 3.8) is 0 Å². The van der Waals surface area contributed by atoms with Crippen LogP contribution in [0.15, 0.2) is 59.2 Å². The number of hydrazine groups is 1. The first kappa shape index (κ1) is 27.4. The van der Waals surface area contributed by atoms with E-state index in [2.05, 4.69) is 25.8 Å². The van der Waals surface area contributed by atoms with Crippen molar-refractivity contribution >= 4 is 27.3 Å². The van der Waals surface area contributed by atoms with Crippen LogP contribution in [0.2, 0.25) is 0 Å². The summed E-state index contributed by atoms with van der Waals surface area (Å²) in [6.45, 7) is 1.97. The van der Waals surface area contributed by atoms with Crippen molar-refractivity contribution in [1.29, 1.82) is 0 Å². The first-order valence-corrected chi connectivity index (χ1v) is 11.1. The Morgan fingerprint density at radius 1 is 1.08 bits per heavy atom. The van der Waals surface area contributed by atoms with Gasteiger partial charge in [0, 0.05) is 28.8 Å². The van der Waals surface area contributed by atoms with E-state index < -0.39 is 29.3 Å². The lowest BCUT2D eigenvalue weighted by atomic mass is 9.97. The van der Waals surface area contributed by atoms with E-state index in [4.69, 9.17) is 11.6 Å². The second kappa shape index (κ2) is 9.71. The number of hydrogen-bond acceptors (Lipinski definition) is 6. The van der Waals surface area contributed by atoms with E-state index in [9.17, 15) is 27.1 Å². The van der Waals surface area contributed by atoms with Crippen molar-refractivity contribution in [2.45, 2.75) is 31.7 Å². The van der Waals surface area contributed by atoms with Crippen molar-refractivity contribution in [1.82, 2.24) is 9.78 Å². The number of aliphatic hydroxyl groups is 1. The number of nitrogens with zero attached hydrogens (tertiary/aromatic N) is 3. The topological polar surface area (TPSA) is 103 Å². The molecule has 0 spiro atoms. The highest BCUT2D eigenvalue weighted by molar-refractivity contribution is 9.10. The number of alkyl halides is 5. The summed E-state index contributed by atoms with van der Waals surface area (Å²) in [5.74, 6) is 2.30. The highest BCUT2D eigenvalue weighted by atomic mass is 79.9. The zero-order valence-electron chi connectivity index (χ0n) is 19.3. The molecule has 5 N–H and O–H groups in total. The fourth-order valence-electron chi connectivity index (χ4n) is 3.38. The standard InChI is InChI=1S/C23H23BrF5N5O2/c1-21(2,35)22(25,26)20-11-17(33(3)32-20)16-9-6-14(24)10-18(16)34(31)19(12-30)13-4-7-15(8-5-13)36-23(27,28)29/h4-12,35H,30-31H2,1-3H3/b19-12-. The number of hydrogen-bond donors (Lipinski definition) is 3. The summed E-state index contributed by atoms with van der Waals surface area (Å²) in [5.41, 5.74) is 4.33. The number of nitrogens with two attached hydrogens (primary N) is 2. The van der Waals surface area contributed by atoms with Gasteiger partial charge in [-0.05, 0) is 62.4 Å². The molecule has 3 rings (SSSR count). The van der Waals surface area contributed by atoms with Gasteiger partial charge in [0.25, 0.3) is 0 Å². The zero-order chi connectivity index (χ0) is 27.1. The van der Waals surface area contributed by atoms with Gasteiger partial charge in [0.1, 0.15) is 17.0 Å². The van der Waals surface area contributed by atoms with Gasteiger partial charge in [0.05, 0.1) is 17.1 Å². The molecular weight excluding hydrogens is 553 g/mol. The molecule has 0 radical (unpaired) electrons. The summed E-state index contributed by atoms with van der Waals surface area (Å²) in [7, 11) is 1.46. The average molecular weight is 576 g/mol. The molecule has 0 aliphatic carbocycles. The predicted octanol–water partition coefficient (Wildman–Crippen LogP) is 5.25. The third-order valence-corrected chi connectivity index (χ3v) is 5.76. The maximum Gasteiger partial charge on any atom is 0.573 e. The van der Waals surface area contributed by atoms with E-state index >= 15 is 0 Å². The van der Waals surface area contributed by atoms with Gasteiger partial charge in [0.2, 0.25) is 0 Å². The van der Waals surface area contributed by atoms with Gasteiger partial charge in [-0.2, -0.15) is 13.9 Å². The third kappa shape index (κ3) is 5.63. The van der Waals surface area contributed by atoms with Gasteiger partial charge in [0.15, 0.2) is 0 Å². The molecule has 194 valence electrons. The molecule has 0 fully saturated rings. The number of benzene rings is 2. The van der Waals surface area contributed by atoms with Gasteiger partial charge in [-0.25, -0.2) is 5.84 Å². The first-order chi connectivity index (χ1) is 16.5. The summed E-state index contributed by atoms with van der Waals surface area (Å²) < 4.78 is 72.7. The minimum atomic E-state index is -4.84. The normalized spacial score (nSPS) is 13.1. The van der Waals surface area contributed by atoms with Crippen LogP contribution in [-0.4, -0.2) is 26.9 Å². The van der Waals surface area contributed by atoms with Crippen LogP contribution in [0.3, 0.4) is 0 Å². The van der Waals surface area contributed by atoms with E-state index in [0.29, 0.717) is 21.3 Å². The van der Waals surface area contributed by atoms with Crippen molar-refractivity contribution < 1.29 is 31.8 Å². The van der Waals surface area contributed by atoms with Crippen LogP contribution in [0.25, 0.3) is 17.0 Å². The van der Waals surface area contributed by atoms with Gasteiger partial charge in [-0.15, -0.1) is 13.2 Å². The number of aromatic nitrogens is 2. The molecule has 7 nitrogen and oxygen atoms in total. The maximum absolute atomic E-state index is 14.8. The Morgan fingerprint density at radius 3 is 2.22 bits per heavy atom. The zero-order valence-corrected chi connectivity index (χ0v) is 20.9. The summed E-state index contributed by atoms with van der Waals surface area (Å²) in [6, 6.07) is 10.9. The van der Waals surface area contributed by atoms with E-state index in [1.54, 1.807) is 18.2 Å².